The molecule has 0 saturated carbocycles. The van der Waals surface area contributed by atoms with Gasteiger partial charge in [0.2, 0.25) is 5.91 Å². The number of piperazine rings is 1. The number of rotatable bonds is 6. The molecule has 0 radical (unpaired) electrons. The number of aliphatic imine (C=N–C) groups is 1. The monoisotopic (exact) mass is 397 g/mol. The number of amides is 1. The maximum Gasteiger partial charge on any atom is 0.224 e. The van der Waals surface area contributed by atoms with E-state index in [1.54, 1.807) is 12.1 Å². The van der Waals surface area contributed by atoms with Gasteiger partial charge in [-0.05, 0) is 48.4 Å². The highest BCUT2D eigenvalue weighted by atomic mass is 19.1. The van der Waals surface area contributed by atoms with Crippen molar-refractivity contribution in [2.24, 2.45) is 10.7 Å². The van der Waals surface area contributed by atoms with E-state index >= 15 is 0 Å². The van der Waals surface area contributed by atoms with Crippen molar-refractivity contribution >= 4 is 23.2 Å². The molecule has 3 rings (SSSR count). The van der Waals surface area contributed by atoms with Crippen LogP contribution in [-0.2, 0) is 11.3 Å². The van der Waals surface area contributed by atoms with Gasteiger partial charge in [-0.1, -0.05) is 19.1 Å². The van der Waals surface area contributed by atoms with Crippen LogP contribution in [0, 0.1) is 5.82 Å². The number of nitrogens with two attached hydrogens (primary N) is 1. The summed E-state index contributed by atoms with van der Waals surface area (Å²) < 4.78 is 13.1. The average molecular weight is 397 g/mol. The molecule has 6 nitrogen and oxygen atoms in total. The molecule has 1 fully saturated rings. The van der Waals surface area contributed by atoms with E-state index in [0.717, 1.165) is 49.5 Å². The summed E-state index contributed by atoms with van der Waals surface area (Å²) in [6.45, 7) is 5.65. The first-order chi connectivity index (χ1) is 14.0. The van der Waals surface area contributed by atoms with Crippen LogP contribution in [0.4, 0.5) is 15.8 Å². The van der Waals surface area contributed by atoms with Crippen molar-refractivity contribution in [3.8, 4) is 0 Å². The molecule has 1 amide bonds. The quantitative estimate of drug-likeness (QED) is 0.580. The van der Waals surface area contributed by atoms with E-state index in [2.05, 4.69) is 20.1 Å². The first-order valence-electron chi connectivity index (χ1n) is 9.99. The van der Waals surface area contributed by atoms with Gasteiger partial charge in [-0.3, -0.25) is 4.79 Å². The molecule has 154 valence electrons. The number of hydrogen-bond acceptors (Lipinski definition) is 3. The second kappa shape index (κ2) is 9.91. The molecule has 2 aromatic carbocycles. The summed E-state index contributed by atoms with van der Waals surface area (Å²) in [4.78, 5) is 20.4. The van der Waals surface area contributed by atoms with Crippen LogP contribution in [0.15, 0.2) is 53.5 Å². The Morgan fingerprint density at radius 3 is 2.34 bits per heavy atom. The largest absolute Gasteiger partial charge is 0.370 e. The van der Waals surface area contributed by atoms with E-state index in [4.69, 9.17) is 5.73 Å². The van der Waals surface area contributed by atoms with Gasteiger partial charge < -0.3 is 20.9 Å². The molecule has 0 unspecified atom stereocenters. The van der Waals surface area contributed by atoms with Gasteiger partial charge in [0.25, 0.3) is 0 Å². The number of nitrogens with zero attached hydrogens (tertiary/aromatic N) is 3. The highest BCUT2D eigenvalue weighted by Gasteiger charge is 2.18. The van der Waals surface area contributed by atoms with Gasteiger partial charge in [0.15, 0.2) is 5.96 Å². The zero-order chi connectivity index (χ0) is 20.6. The zero-order valence-corrected chi connectivity index (χ0v) is 16.8. The molecular formula is C22H28FN5O. The number of carbonyl (C=O) groups is 1. The Morgan fingerprint density at radius 2 is 1.72 bits per heavy atom. The molecule has 0 atom stereocenters. The second-order valence-corrected chi connectivity index (χ2v) is 7.12. The van der Waals surface area contributed by atoms with E-state index in [1.165, 1.54) is 12.1 Å². The van der Waals surface area contributed by atoms with Crippen LogP contribution in [0.5, 0.6) is 0 Å². The van der Waals surface area contributed by atoms with Crippen LogP contribution in [0.25, 0.3) is 0 Å². The van der Waals surface area contributed by atoms with Gasteiger partial charge in [0.1, 0.15) is 5.82 Å². The van der Waals surface area contributed by atoms with Crippen molar-refractivity contribution in [2.45, 2.75) is 26.3 Å². The minimum absolute atomic E-state index is 0.0299. The topological polar surface area (TPSA) is 74.0 Å². The Bertz CT molecular complexity index is 827. The average Bonchev–Trinajstić information content (AvgIpc) is 2.74. The van der Waals surface area contributed by atoms with Crippen molar-refractivity contribution in [3.63, 3.8) is 0 Å². The Labute approximate surface area is 171 Å². The van der Waals surface area contributed by atoms with Gasteiger partial charge in [-0.2, -0.15) is 0 Å². The summed E-state index contributed by atoms with van der Waals surface area (Å²) in [6.07, 6.45) is 1.35. The molecular weight excluding hydrogens is 369 g/mol. The van der Waals surface area contributed by atoms with Crippen LogP contribution < -0.4 is 16.0 Å². The lowest BCUT2D eigenvalue weighted by Crippen LogP contribution is -2.51. The molecule has 1 aliphatic heterocycles. The van der Waals surface area contributed by atoms with E-state index < -0.39 is 0 Å². The van der Waals surface area contributed by atoms with Gasteiger partial charge in [0, 0.05) is 44.0 Å². The first kappa shape index (κ1) is 20.6. The normalized spacial score (nSPS) is 14.8. The third kappa shape index (κ3) is 5.94. The summed E-state index contributed by atoms with van der Waals surface area (Å²) in [5.41, 5.74) is 9.03. The first-order valence-corrected chi connectivity index (χ1v) is 9.99. The fraction of sp³-hybridized carbons (Fsp3) is 0.364. The van der Waals surface area contributed by atoms with Crippen LogP contribution in [0.3, 0.4) is 0 Å². The maximum absolute atomic E-state index is 13.1. The number of halogens is 1. The van der Waals surface area contributed by atoms with Crippen molar-refractivity contribution in [2.75, 3.05) is 36.4 Å². The SMILES string of the molecule is CCCC(=O)Nc1ccc(CN=C(N)N2CCN(c3ccc(F)cc3)CC2)cc1. The maximum atomic E-state index is 13.1. The minimum Gasteiger partial charge on any atom is -0.370 e. The summed E-state index contributed by atoms with van der Waals surface area (Å²) in [7, 11) is 0. The minimum atomic E-state index is -0.222. The van der Waals surface area contributed by atoms with Gasteiger partial charge in [-0.15, -0.1) is 0 Å². The molecule has 3 N–H and O–H groups in total. The van der Waals surface area contributed by atoms with E-state index in [9.17, 15) is 9.18 Å². The molecule has 2 aromatic rings. The zero-order valence-electron chi connectivity index (χ0n) is 16.8. The number of carbonyl (C=O) groups excluding carboxylic acids is 1. The third-order valence-corrected chi connectivity index (χ3v) is 4.93. The number of anilines is 2. The molecule has 29 heavy (non-hydrogen) atoms. The Hall–Kier alpha value is -3.09. The summed E-state index contributed by atoms with van der Waals surface area (Å²) in [6, 6.07) is 14.2. The van der Waals surface area contributed by atoms with Gasteiger partial charge in [0.05, 0.1) is 6.54 Å². The van der Waals surface area contributed by atoms with Crippen molar-refractivity contribution in [3.05, 3.63) is 59.9 Å². The van der Waals surface area contributed by atoms with E-state index in [0.29, 0.717) is 18.9 Å². The van der Waals surface area contributed by atoms with E-state index in [1.807, 2.05) is 31.2 Å². The standard InChI is InChI=1S/C22H28FN5O/c1-2-3-21(29)26-19-8-4-17(5-9-19)16-25-22(24)28-14-12-27(13-15-28)20-10-6-18(23)7-11-20/h4-11H,2-3,12-16H2,1H3,(H2,24,25)(H,26,29). The Kier molecular flexibility index (Phi) is 7.05. The molecule has 7 heteroatoms. The summed E-state index contributed by atoms with van der Waals surface area (Å²) >= 11 is 0. The number of hydrogen-bond donors (Lipinski definition) is 2. The lowest BCUT2D eigenvalue weighted by molar-refractivity contribution is -0.116. The van der Waals surface area contributed by atoms with Crippen molar-refractivity contribution in [1.82, 2.24) is 4.90 Å². The molecule has 1 saturated heterocycles. The molecule has 0 aliphatic carbocycles. The third-order valence-electron chi connectivity index (χ3n) is 4.93. The lowest BCUT2D eigenvalue weighted by atomic mass is 10.2. The van der Waals surface area contributed by atoms with Crippen LogP contribution in [0.1, 0.15) is 25.3 Å². The number of nitrogens with one attached hydrogen (secondary N) is 1. The fourth-order valence-electron chi connectivity index (χ4n) is 3.26. The Morgan fingerprint density at radius 1 is 1.07 bits per heavy atom. The fourth-order valence-corrected chi connectivity index (χ4v) is 3.26. The van der Waals surface area contributed by atoms with Gasteiger partial charge >= 0.3 is 0 Å². The summed E-state index contributed by atoms with van der Waals surface area (Å²) in [5.74, 6) is 0.339. The number of guanidine groups is 1. The predicted octanol–water partition coefficient (Wildman–Crippen LogP) is 3.20. The van der Waals surface area contributed by atoms with Crippen LogP contribution in [-0.4, -0.2) is 42.9 Å². The molecule has 0 aromatic heterocycles. The van der Waals surface area contributed by atoms with Gasteiger partial charge in [-0.25, -0.2) is 9.38 Å². The van der Waals surface area contributed by atoms with Crippen LogP contribution >= 0.6 is 0 Å². The molecule has 0 spiro atoms. The molecule has 1 aliphatic rings. The lowest BCUT2D eigenvalue weighted by Gasteiger charge is -2.36. The predicted molar refractivity (Wildman–Crippen MR) is 115 cm³/mol. The van der Waals surface area contributed by atoms with Crippen molar-refractivity contribution < 1.29 is 9.18 Å². The second-order valence-electron chi connectivity index (χ2n) is 7.12. The molecule has 0 bridgehead atoms. The van der Waals surface area contributed by atoms with Crippen molar-refractivity contribution in [1.29, 1.82) is 0 Å². The Balaban J connectivity index is 1.49. The summed E-state index contributed by atoms with van der Waals surface area (Å²) in [5, 5.41) is 2.87. The number of benzene rings is 2. The van der Waals surface area contributed by atoms with Crippen LogP contribution in [0.2, 0.25) is 0 Å². The molecule has 1 heterocycles. The smallest absolute Gasteiger partial charge is 0.224 e. The van der Waals surface area contributed by atoms with E-state index in [-0.39, 0.29) is 11.7 Å². The highest BCUT2D eigenvalue weighted by Crippen LogP contribution is 2.17. The highest BCUT2D eigenvalue weighted by molar-refractivity contribution is 5.90.